The average molecular weight is 1180 g/mol. The van der Waals surface area contributed by atoms with Gasteiger partial charge in [-0.15, -0.1) is 0 Å². The minimum absolute atomic E-state index is 0.0287. The van der Waals surface area contributed by atoms with Crippen LogP contribution in [0.25, 0.3) is 0 Å². The van der Waals surface area contributed by atoms with Gasteiger partial charge in [0.2, 0.25) is 0 Å². The van der Waals surface area contributed by atoms with Crippen LogP contribution in [-0.4, -0.2) is 93.7 Å². The summed E-state index contributed by atoms with van der Waals surface area (Å²) in [7, 11) is 0. The molecule has 452 valence electrons. The lowest BCUT2D eigenvalue weighted by atomic mass is 9.79. The summed E-state index contributed by atoms with van der Waals surface area (Å²) in [6, 6.07) is 23.7. The van der Waals surface area contributed by atoms with Crippen molar-refractivity contribution in [2.45, 2.75) is 82.1 Å². The van der Waals surface area contributed by atoms with E-state index in [4.69, 9.17) is 53.0 Å². The largest absolute Gasteiger partial charge is 0.549 e. The number of hydrogen-bond donors (Lipinski definition) is 0. The van der Waals surface area contributed by atoms with Gasteiger partial charge in [0.25, 0.3) is 0 Å². The lowest BCUT2D eigenvalue weighted by molar-refractivity contribution is -0.210. The zero-order valence-electron chi connectivity index (χ0n) is 48.0. The van der Waals surface area contributed by atoms with E-state index >= 15 is 0 Å². The van der Waals surface area contributed by atoms with E-state index in [1.807, 2.05) is 0 Å². The van der Waals surface area contributed by atoms with Crippen molar-refractivity contribution in [3.63, 3.8) is 0 Å². The predicted octanol–water partition coefficient (Wildman–Crippen LogP) is 11.3. The van der Waals surface area contributed by atoms with Crippen LogP contribution in [0.2, 0.25) is 0 Å². The average Bonchev–Trinajstić information content (AvgIpc) is 3.66. The molecule has 0 bridgehead atoms. The molecule has 0 aliphatic rings. The van der Waals surface area contributed by atoms with Crippen LogP contribution in [-0.2, 0) is 72.6 Å². The summed E-state index contributed by atoms with van der Waals surface area (Å²) in [6.45, 7) is 13.1. The Bertz CT molecular complexity index is 3100. The number of carbonyl (C=O) groups is 10. The molecule has 0 aliphatic heterocycles. The topological polar surface area (TPSA) is 309 Å². The summed E-state index contributed by atoms with van der Waals surface area (Å²) in [5.41, 5.74) is 6.80. The summed E-state index contributed by atoms with van der Waals surface area (Å²) in [6.07, 6.45) is -8.81. The van der Waals surface area contributed by atoms with Gasteiger partial charge in [-0.1, -0.05) is 88.5 Å². The summed E-state index contributed by atoms with van der Waals surface area (Å²) < 4.78 is 26.5. The Hall–Kier alpha value is -10.2. The van der Waals surface area contributed by atoms with Crippen LogP contribution in [0.3, 0.4) is 0 Å². The van der Waals surface area contributed by atoms with Crippen molar-refractivity contribution in [1.82, 2.24) is 0 Å². The van der Waals surface area contributed by atoms with E-state index in [-0.39, 0.29) is 27.8 Å². The molecule has 0 amide bonds. The quantitative estimate of drug-likeness (QED) is 0.0321. The zero-order valence-corrected chi connectivity index (χ0v) is 48.0. The lowest BCUT2D eigenvalue weighted by Gasteiger charge is -2.32. The van der Waals surface area contributed by atoms with Crippen molar-refractivity contribution in [1.29, 1.82) is 0 Å². The van der Waals surface area contributed by atoms with Gasteiger partial charge in [-0.3, -0.25) is 0 Å². The van der Waals surface area contributed by atoms with Crippen molar-refractivity contribution >= 4 is 60.6 Å². The van der Waals surface area contributed by atoms with Gasteiger partial charge in [-0.2, -0.15) is 24.0 Å². The van der Waals surface area contributed by atoms with Gasteiger partial charge in [0, 0.05) is 17.8 Å². The second kappa shape index (κ2) is 31.9. The first-order valence-electron chi connectivity index (χ1n) is 26.0. The maximum Gasteiger partial charge on any atom is 0.549 e. The first-order valence-corrected chi connectivity index (χ1v) is 26.0. The van der Waals surface area contributed by atoms with Crippen LogP contribution in [0.5, 0.6) is 0 Å². The maximum absolute atomic E-state index is 13.3. The summed E-state index contributed by atoms with van der Waals surface area (Å²) in [4.78, 5) is 177. The number of benzene rings is 5. The molecule has 0 aliphatic carbocycles. The Morgan fingerprint density at radius 3 is 0.718 bits per heavy atom. The Morgan fingerprint density at radius 2 is 0.494 bits per heavy atom. The molecule has 25 nitrogen and oxygen atoms in total. The Balaban J connectivity index is 1.43. The molecular weight excluding hydrogens is 1120 g/mol. The molecule has 0 heterocycles. The van der Waals surface area contributed by atoms with E-state index < -0.39 is 124 Å². The molecule has 0 fully saturated rings. The molecule has 0 N–H and O–H groups in total. The highest BCUT2D eigenvalue weighted by Gasteiger charge is 2.35. The van der Waals surface area contributed by atoms with Crippen LogP contribution in [0.4, 0.5) is 24.0 Å². The molecule has 5 aromatic rings. The predicted molar refractivity (Wildman–Crippen MR) is 289 cm³/mol. The molecule has 0 aromatic heterocycles. The molecule has 85 heavy (non-hydrogen) atoms. The maximum atomic E-state index is 13.3. The fourth-order valence-corrected chi connectivity index (χ4v) is 8.52. The van der Waals surface area contributed by atoms with Gasteiger partial charge in [0.15, 0.2) is 0 Å². The van der Waals surface area contributed by atoms with E-state index in [1.54, 1.807) is 130 Å². The molecule has 25 heteroatoms. The number of hydrogen-bond acceptors (Lipinski definition) is 25. The molecule has 0 radical (unpaired) electrons. The van der Waals surface area contributed by atoms with Gasteiger partial charge in [-0.05, 0) is 140 Å². The molecule has 5 rings (SSSR count). The third-order valence-electron chi connectivity index (χ3n) is 12.8. The number of ether oxygens (including phenoxy) is 5. The Labute approximate surface area is 487 Å². The molecule has 0 spiro atoms. The zero-order chi connectivity index (χ0) is 62.3. The molecule has 2 atom stereocenters. The van der Waals surface area contributed by atoms with E-state index in [0.717, 1.165) is 27.8 Å². The van der Waals surface area contributed by atoms with Crippen molar-refractivity contribution in [3.05, 3.63) is 174 Å². The molecule has 0 saturated heterocycles. The summed E-state index contributed by atoms with van der Waals surface area (Å²) in [5.74, 6) is -9.36. The van der Waals surface area contributed by atoms with Crippen LogP contribution in [0.15, 0.2) is 91.0 Å². The fraction of sp³-hybridized carbons (Fsp3) is 0.333. The first kappa shape index (κ1) is 65.6. The third-order valence-corrected chi connectivity index (χ3v) is 12.8. The minimum atomic E-state index is -1.63. The van der Waals surface area contributed by atoms with E-state index in [2.05, 4.69) is 19.6 Å². The smallest absolute Gasteiger partial charge is 0.432 e. The normalized spacial score (nSPS) is 11.6. The standard InChI is InChI=1S/C60H62O25/c1-33-11-16-45(38(6)25-33)51(61)76-81-56(66)71-23-21-43(30-73-58(68)83-78-53(63)47-18-13-35(3)27-40(47)8)50(32-75-60(70)85-80-55(65)49-20-15-37(5)29-42(49)10)44(31-74-59(69)84-79-54(64)48-19-14-36(4)28-41(48)9)22-24-72-57(67)82-77-52(62)46-17-12-34(2)26-39(46)7/h11-20,25-29,43-44,50H,21-24,30-32H2,1-10H3. The molecule has 0 saturated carbocycles. The van der Waals surface area contributed by atoms with Crippen LogP contribution >= 0.6 is 0 Å². The highest BCUT2D eigenvalue weighted by atomic mass is 17.3. The van der Waals surface area contributed by atoms with Crippen molar-refractivity contribution in [2.24, 2.45) is 17.8 Å². The highest BCUT2D eigenvalue weighted by Crippen LogP contribution is 2.30. The minimum Gasteiger partial charge on any atom is -0.432 e. The van der Waals surface area contributed by atoms with Crippen molar-refractivity contribution in [2.75, 3.05) is 33.0 Å². The van der Waals surface area contributed by atoms with Gasteiger partial charge in [0.05, 0.1) is 60.9 Å². The summed E-state index contributed by atoms with van der Waals surface area (Å²) >= 11 is 0. The third kappa shape index (κ3) is 20.9. The summed E-state index contributed by atoms with van der Waals surface area (Å²) in [5, 5.41) is 0. The van der Waals surface area contributed by atoms with E-state index in [9.17, 15) is 47.9 Å². The van der Waals surface area contributed by atoms with Crippen LogP contribution in [0, 0.1) is 87.0 Å². The van der Waals surface area contributed by atoms with Gasteiger partial charge in [0.1, 0.15) is 0 Å². The number of aryl methyl sites for hydroxylation is 10. The molecular formula is C60H62O25. The van der Waals surface area contributed by atoms with Crippen LogP contribution in [0.1, 0.15) is 120 Å². The van der Waals surface area contributed by atoms with Gasteiger partial charge < -0.3 is 23.7 Å². The lowest BCUT2D eigenvalue weighted by Crippen LogP contribution is -2.37. The molecule has 5 aromatic carbocycles. The first-order chi connectivity index (χ1) is 40.4. The van der Waals surface area contributed by atoms with Gasteiger partial charge >= 0.3 is 60.6 Å². The van der Waals surface area contributed by atoms with Crippen molar-refractivity contribution in [3.8, 4) is 0 Å². The van der Waals surface area contributed by atoms with Crippen LogP contribution < -0.4 is 0 Å². The number of carbonyl (C=O) groups excluding carboxylic acids is 10. The monoisotopic (exact) mass is 1180 g/mol. The highest BCUT2D eigenvalue weighted by molar-refractivity contribution is 5.93. The number of rotatable bonds is 19. The second-order valence-corrected chi connectivity index (χ2v) is 19.5. The van der Waals surface area contributed by atoms with Gasteiger partial charge in [-0.25, -0.2) is 72.8 Å². The SMILES string of the molecule is Cc1ccc(C(=O)OOC(=O)OCCC(COC(=O)OOC(=O)c2ccc(C)cc2C)C(COC(=O)OOC(=O)c2ccc(C)cc2C)C(CCOC(=O)OOC(=O)c2ccc(C)cc2C)COC(=O)OOC(=O)c2ccc(C)cc2C)c(C)c1. The van der Waals surface area contributed by atoms with E-state index in [0.29, 0.717) is 27.8 Å². The molecule has 2 unspecified atom stereocenters. The van der Waals surface area contributed by atoms with Crippen molar-refractivity contribution < 1.29 is 121 Å². The second-order valence-electron chi connectivity index (χ2n) is 19.5. The Kier molecular flexibility index (Phi) is 24.6. The fourth-order valence-electron chi connectivity index (χ4n) is 8.52. The Morgan fingerprint density at radius 1 is 0.282 bits per heavy atom. The van der Waals surface area contributed by atoms with E-state index in [1.165, 1.54) is 30.3 Å².